The summed E-state index contributed by atoms with van der Waals surface area (Å²) < 4.78 is 10.4. The van der Waals surface area contributed by atoms with Crippen LogP contribution in [-0.4, -0.2) is 35.2 Å². The predicted octanol–water partition coefficient (Wildman–Crippen LogP) is 1.72. The first-order valence-electron chi connectivity index (χ1n) is 7.64. The van der Waals surface area contributed by atoms with E-state index in [-0.39, 0.29) is 5.54 Å². The van der Waals surface area contributed by atoms with Gasteiger partial charge in [0, 0.05) is 24.4 Å². The van der Waals surface area contributed by atoms with Gasteiger partial charge >= 0.3 is 6.01 Å². The second-order valence-corrected chi connectivity index (χ2v) is 6.04. The molecule has 6 heteroatoms. The van der Waals surface area contributed by atoms with Gasteiger partial charge < -0.3 is 15.2 Å². The molecule has 0 fully saturated rings. The van der Waals surface area contributed by atoms with Gasteiger partial charge in [-0.25, -0.2) is 15.0 Å². The predicted molar refractivity (Wildman–Crippen MR) is 86.4 cm³/mol. The Morgan fingerprint density at radius 3 is 2.78 bits per heavy atom. The molecule has 1 aromatic heterocycles. The van der Waals surface area contributed by atoms with E-state index in [1.165, 1.54) is 16.7 Å². The highest BCUT2D eigenvalue weighted by molar-refractivity contribution is 5.74. The molecule has 0 saturated heterocycles. The highest BCUT2D eigenvalue weighted by atomic mass is 16.5. The van der Waals surface area contributed by atoms with Gasteiger partial charge in [-0.05, 0) is 29.5 Å². The molecule has 1 aliphatic heterocycles. The van der Waals surface area contributed by atoms with Gasteiger partial charge in [0.25, 0.3) is 6.02 Å². The third-order valence-corrected chi connectivity index (χ3v) is 4.59. The van der Waals surface area contributed by atoms with Gasteiger partial charge in [0.15, 0.2) is 0 Å². The van der Waals surface area contributed by atoms with E-state index in [1.54, 1.807) is 19.5 Å². The molecule has 0 radical (unpaired) electrons. The standard InChI is InChI=1S/C17H18N4O2/c1-22-16-19-8-12(9-20-16)13-4-2-3-11-7-17(6-5-14(11)13)10-23-15(18)21-17/h2-4,8-9H,5-7,10H2,1H3,(H2,18,21)/t17-/m0/s1. The highest BCUT2D eigenvalue weighted by Gasteiger charge is 2.39. The minimum absolute atomic E-state index is 0.188. The van der Waals surface area contributed by atoms with Crippen molar-refractivity contribution in [2.24, 2.45) is 10.7 Å². The van der Waals surface area contributed by atoms with Crippen molar-refractivity contribution in [3.63, 3.8) is 0 Å². The number of benzene rings is 1. The molecule has 1 spiro atoms. The van der Waals surface area contributed by atoms with Crippen molar-refractivity contribution in [2.75, 3.05) is 13.7 Å². The SMILES string of the molecule is COc1ncc(-c2cccc3c2CC[C@@]2(COC(N)=N2)C3)cn1. The molecule has 0 unspecified atom stereocenters. The molecular formula is C17H18N4O2. The zero-order chi connectivity index (χ0) is 15.9. The lowest BCUT2D eigenvalue weighted by Gasteiger charge is -2.31. The van der Waals surface area contributed by atoms with Gasteiger partial charge in [-0.1, -0.05) is 18.2 Å². The Labute approximate surface area is 134 Å². The average molecular weight is 310 g/mol. The number of aromatic nitrogens is 2. The molecule has 0 saturated carbocycles. The summed E-state index contributed by atoms with van der Waals surface area (Å²) in [5.41, 5.74) is 10.3. The van der Waals surface area contributed by atoms with Crippen LogP contribution in [0.25, 0.3) is 11.1 Å². The zero-order valence-corrected chi connectivity index (χ0v) is 13.0. The quantitative estimate of drug-likeness (QED) is 0.913. The van der Waals surface area contributed by atoms with E-state index >= 15 is 0 Å². The zero-order valence-electron chi connectivity index (χ0n) is 13.0. The molecule has 23 heavy (non-hydrogen) atoms. The highest BCUT2D eigenvalue weighted by Crippen LogP contribution is 2.38. The maximum absolute atomic E-state index is 5.71. The van der Waals surface area contributed by atoms with E-state index in [0.717, 1.165) is 24.8 Å². The molecule has 2 N–H and O–H groups in total. The first-order valence-corrected chi connectivity index (χ1v) is 7.64. The molecule has 6 nitrogen and oxygen atoms in total. The lowest BCUT2D eigenvalue weighted by atomic mass is 9.77. The number of methoxy groups -OCH3 is 1. The Balaban J connectivity index is 1.71. The fraction of sp³-hybridized carbons (Fsp3) is 0.353. The van der Waals surface area contributed by atoms with E-state index < -0.39 is 0 Å². The summed E-state index contributed by atoms with van der Waals surface area (Å²) in [6.07, 6.45) is 6.35. The maximum atomic E-state index is 5.71. The van der Waals surface area contributed by atoms with Crippen LogP contribution in [0.5, 0.6) is 6.01 Å². The summed E-state index contributed by atoms with van der Waals surface area (Å²) in [5.74, 6) is 0. The van der Waals surface area contributed by atoms with Crippen LogP contribution in [0.1, 0.15) is 17.5 Å². The van der Waals surface area contributed by atoms with Crippen LogP contribution >= 0.6 is 0 Å². The summed E-state index contributed by atoms with van der Waals surface area (Å²) in [6, 6.07) is 7.04. The average Bonchev–Trinajstić information content (AvgIpc) is 2.94. The second-order valence-electron chi connectivity index (χ2n) is 6.04. The Morgan fingerprint density at radius 1 is 1.26 bits per heavy atom. The van der Waals surface area contributed by atoms with Crippen LogP contribution in [0, 0.1) is 0 Å². The Morgan fingerprint density at radius 2 is 2.09 bits per heavy atom. The van der Waals surface area contributed by atoms with E-state index in [1.807, 2.05) is 0 Å². The molecule has 118 valence electrons. The minimum Gasteiger partial charge on any atom is -0.467 e. The Kier molecular flexibility index (Phi) is 3.18. The van der Waals surface area contributed by atoms with Crippen LogP contribution in [0.3, 0.4) is 0 Å². The molecular weight excluding hydrogens is 292 g/mol. The van der Waals surface area contributed by atoms with E-state index in [0.29, 0.717) is 18.6 Å². The first-order chi connectivity index (χ1) is 11.2. The molecule has 1 aromatic carbocycles. The van der Waals surface area contributed by atoms with Gasteiger partial charge in [0.1, 0.15) is 12.1 Å². The fourth-order valence-corrected chi connectivity index (χ4v) is 3.45. The summed E-state index contributed by atoms with van der Waals surface area (Å²) in [5, 5.41) is 0. The molecule has 1 aliphatic carbocycles. The normalized spacial score (nSPS) is 22.4. The molecule has 1 atom stereocenters. The number of nitrogens with two attached hydrogens (primary N) is 1. The number of hydrogen-bond donors (Lipinski definition) is 1. The molecule has 0 bridgehead atoms. The van der Waals surface area contributed by atoms with Crippen molar-refractivity contribution in [1.82, 2.24) is 9.97 Å². The van der Waals surface area contributed by atoms with Gasteiger partial charge in [-0.2, -0.15) is 0 Å². The Bertz CT molecular complexity index is 773. The number of amidine groups is 1. The van der Waals surface area contributed by atoms with Crippen molar-refractivity contribution >= 4 is 6.02 Å². The molecule has 4 rings (SSSR count). The fourth-order valence-electron chi connectivity index (χ4n) is 3.45. The third-order valence-electron chi connectivity index (χ3n) is 4.59. The number of fused-ring (bicyclic) bond motifs is 1. The topological polar surface area (TPSA) is 82.6 Å². The summed E-state index contributed by atoms with van der Waals surface area (Å²) in [6.45, 7) is 0.578. The van der Waals surface area contributed by atoms with E-state index in [2.05, 4.69) is 33.2 Å². The van der Waals surface area contributed by atoms with Crippen molar-refractivity contribution in [3.8, 4) is 17.1 Å². The van der Waals surface area contributed by atoms with Crippen LogP contribution < -0.4 is 10.5 Å². The number of nitrogens with zero attached hydrogens (tertiary/aromatic N) is 3. The third kappa shape index (κ3) is 2.40. The van der Waals surface area contributed by atoms with Crippen molar-refractivity contribution < 1.29 is 9.47 Å². The van der Waals surface area contributed by atoms with Crippen LogP contribution in [0.4, 0.5) is 0 Å². The molecule has 0 amide bonds. The molecule has 2 heterocycles. The first kappa shape index (κ1) is 14.0. The van der Waals surface area contributed by atoms with Crippen molar-refractivity contribution in [1.29, 1.82) is 0 Å². The second kappa shape index (κ2) is 5.22. The van der Waals surface area contributed by atoms with E-state index in [9.17, 15) is 0 Å². The van der Waals surface area contributed by atoms with Crippen LogP contribution in [0.15, 0.2) is 35.6 Å². The molecule has 2 aliphatic rings. The smallest absolute Gasteiger partial charge is 0.316 e. The van der Waals surface area contributed by atoms with Gasteiger partial charge in [0.2, 0.25) is 0 Å². The number of ether oxygens (including phenoxy) is 2. The van der Waals surface area contributed by atoms with Crippen LogP contribution in [0.2, 0.25) is 0 Å². The molecule has 2 aromatic rings. The monoisotopic (exact) mass is 310 g/mol. The van der Waals surface area contributed by atoms with Gasteiger partial charge in [-0.3, -0.25) is 0 Å². The van der Waals surface area contributed by atoms with Crippen molar-refractivity contribution in [2.45, 2.75) is 24.8 Å². The van der Waals surface area contributed by atoms with Crippen LogP contribution in [-0.2, 0) is 17.6 Å². The minimum atomic E-state index is -0.188. The summed E-state index contributed by atoms with van der Waals surface area (Å²) in [7, 11) is 1.56. The number of rotatable bonds is 2. The summed E-state index contributed by atoms with van der Waals surface area (Å²) in [4.78, 5) is 13.0. The van der Waals surface area contributed by atoms with Crippen molar-refractivity contribution in [3.05, 3.63) is 41.7 Å². The van der Waals surface area contributed by atoms with Gasteiger partial charge in [-0.15, -0.1) is 0 Å². The lowest BCUT2D eigenvalue weighted by Crippen LogP contribution is -2.35. The van der Waals surface area contributed by atoms with E-state index in [4.69, 9.17) is 15.2 Å². The summed E-state index contributed by atoms with van der Waals surface area (Å²) >= 11 is 0. The van der Waals surface area contributed by atoms with Gasteiger partial charge in [0.05, 0.1) is 7.11 Å². The number of hydrogen-bond acceptors (Lipinski definition) is 6. The number of aliphatic imine (C=N–C) groups is 1. The lowest BCUT2D eigenvalue weighted by molar-refractivity contribution is 0.235. The Hall–Kier alpha value is -2.63. The maximum Gasteiger partial charge on any atom is 0.316 e. The largest absolute Gasteiger partial charge is 0.467 e.